The quantitative estimate of drug-likeness (QED) is 0.839. The number of hydrogen-bond donors (Lipinski definition) is 1. The molecule has 1 atom stereocenters. The van der Waals surface area contributed by atoms with Crippen molar-refractivity contribution in [2.24, 2.45) is 0 Å². The van der Waals surface area contributed by atoms with Crippen LogP contribution < -0.4 is 10.1 Å². The SMILES string of the molecule is CC(Oc1ccccc1C#N)C(=O)NCc1ccc(C(=O)N2CCCC2)cc1. The van der Waals surface area contributed by atoms with E-state index in [-0.39, 0.29) is 11.8 Å². The van der Waals surface area contributed by atoms with Gasteiger partial charge in [-0.15, -0.1) is 0 Å². The number of benzene rings is 2. The van der Waals surface area contributed by atoms with Crippen molar-refractivity contribution >= 4 is 11.8 Å². The summed E-state index contributed by atoms with van der Waals surface area (Å²) in [5.74, 6) is 0.175. The second-order valence-electron chi connectivity index (χ2n) is 6.78. The first-order chi connectivity index (χ1) is 13.6. The topological polar surface area (TPSA) is 82.4 Å². The molecule has 1 saturated heterocycles. The highest BCUT2D eigenvalue weighted by Crippen LogP contribution is 2.18. The summed E-state index contributed by atoms with van der Waals surface area (Å²) in [7, 11) is 0. The molecule has 1 unspecified atom stereocenters. The molecule has 3 rings (SSSR count). The predicted molar refractivity (Wildman–Crippen MR) is 105 cm³/mol. The van der Waals surface area contributed by atoms with E-state index in [0.717, 1.165) is 31.5 Å². The van der Waals surface area contributed by atoms with Crippen molar-refractivity contribution in [2.75, 3.05) is 13.1 Å². The van der Waals surface area contributed by atoms with Gasteiger partial charge in [-0.3, -0.25) is 9.59 Å². The van der Waals surface area contributed by atoms with Gasteiger partial charge in [0, 0.05) is 25.2 Å². The Bertz CT molecular complexity index is 881. The maximum absolute atomic E-state index is 12.4. The molecular weight excluding hydrogens is 354 g/mol. The average molecular weight is 377 g/mol. The lowest BCUT2D eigenvalue weighted by Crippen LogP contribution is -2.36. The van der Waals surface area contributed by atoms with E-state index in [1.54, 1.807) is 43.3 Å². The lowest BCUT2D eigenvalue weighted by atomic mass is 10.1. The molecule has 1 heterocycles. The van der Waals surface area contributed by atoms with Gasteiger partial charge >= 0.3 is 0 Å². The molecule has 0 aliphatic carbocycles. The van der Waals surface area contributed by atoms with Crippen LogP contribution in [0.5, 0.6) is 5.75 Å². The van der Waals surface area contributed by atoms with Gasteiger partial charge < -0.3 is 15.0 Å². The minimum atomic E-state index is -0.731. The third-order valence-electron chi connectivity index (χ3n) is 4.74. The summed E-state index contributed by atoms with van der Waals surface area (Å²) in [6.07, 6.45) is 1.40. The van der Waals surface area contributed by atoms with Gasteiger partial charge in [0.15, 0.2) is 6.10 Å². The van der Waals surface area contributed by atoms with Gasteiger partial charge in [-0.2, -0.15) is 5.26 Å². The van der Waals surface area contributed by atoms with Crippen molar-refractivity contribution in [1.29, 1.82) is 5.26 Å². The van der Waals surface area contributed by atoms with Crippen LogP contribution in [0.15, 0.2) is 48.5 Å². The predicted octanol–water partition coefficient (Wildman–Crippen LogP) is 2.88. The van der Waals surface area contributed by atoms with Crippen LogP contribution in [0.1, 0.15) is 41.3 Å². The number of ether oxygens (including phenoxy) is 1. The van der Waals surface area contributed by atoms with Crippen LogP contribution in [-0.4, -0.2) is 35.9 Å². The highest BCUT2D eigenvalue weighted by Gasteiger charge is 2.19. The van der Waals surface area contributed by atoms with E-state index >= 15 is 0 Å². The molecule has 0 spiro atoms. The Morgan fingerprint density at radius 3 is 2.50 bits per heavy atom. The van der Waals surface area contributed by atoms with E-state index in [4.69, 9.17) is 10.00 Å². The lowest BCUT2D eigenvalue weighted by Gasteiger charge is -2.16. The van der Waals surface area contributed by atoms with E-state index in [9.17, 15) is 9.59 Å². The Labute approximate surface area is 164 Å². The Morgan fingerprint density at radius 1 is 1.14 bits per heavy atom. The molecule has 28 heavy (non-hydrogen) atoms. The fourth-order valence-corrected chi connectivity index (χ4v) is 3.11. The normalized spacial score (nSPS) is 14.2. The van der Waals surface area contributed by atoms with E-state index in [0.29, 0.717) is 23.4 Å². The third kappa shape index (κ3) is 4.68. The number of likely N-dealkylation sites (tertiary alicyclic amines) is 1. The van der Waals surface area contributed by atoms with Crippen LogP contribution in [0.2, 0.25) is 0 Å². The minimum Gasteiger partial charge on any atom is -0.480 e. The highest BCUT2D eigenvalue weighted by atomic mass is 16.5. The maximum atomic E-state index is 12.4. The molecule has 1 N–H and O–H groups in total. The number of nitrogens with zero attached hydrogens (tertiary/aromatic N) is 2. The molecule has 0 radical (unpaired) electrons. The number of carbonyl (C=O) groups excluding carboxylic acids is 2. The van der Waals surface area contributed by atoms with Crippen molar-refractivity contribution in [3.05, 3.63) is 65.2 Å². The summed E-state index contributed by atoms with van der Waals surface area (Å²) in [6.45, 7) is 3.62. The van der Waals surface area contributed by atoms with E-state index in [1.807, 2.05) is 23.1 Å². The standard InChI is InChI=1S/C22H23N3O3/c1-16(28-20-7-3-2-6-19(20)14-23)21(26)24-15-17-8-10-18(11-9-17)22(27)25-12-4-5-13-25/h2-3,6-11,16H,4-5,12-13,15H2,1H3,(H,24,26). The molecule has 2 amide bonds. The molecule has 1 aliphatic heterocycles. The fraction of sp³-hybridized carbons (Fsp3) is 0.318. The summed E-state index contributed by atoms with van der Waals surface area (Å²) >= 11 is 0. The molecule has 0 aromatic heterocycles. The third-order valence-corrected chi connectivity index (χ3v) is 4.74. The summed E-state index contributed by atoms with van der Waals surface area (Å²) in [5.41, 5.74) is 1.96. The van der Waals surface area contributed by atoms with Crippen molar-refractivity contribution in [3.8, 4) is 11.8 Å². The van der Waals surface area contributed by atoms with Crippen molar-refractivity contribution in [2.45, 2.75) is 32.4 Å². The zero-order valence-corrected chi connectivity index (χ0v) is 15.9. The van der Waals surface area contributed by atoms with Crippen LogP contribution in [-0.2, 0) is 11.3 Å². The van der Waals surface area contributed by atoms with Crippen LogP contribution in [0.3, 0.4) is 0 Å². The summed E-state index contributed by atoms with van der Waals surface area (Å²) in [5, 5.41) is 11.9. The zero-order valence-electron chi connectivity index (χ0n) is 15.9. The van der Waals surface area contributed by atoms with E-state index in [1.165, 1.54) is 0 Å². The van der Waals surface area contributed by atoms with Gasteiger partial charge in [-0.25, -0.2) is 0 Å². The molecule has 1 fully saturated rings. The monoisotopic (exact) mass is 377 g/mol. The number of nitriles is 1. The molecule has 6 heteroatoms. The summed E-state index contributed by atoms with van der Waals surface area (Å²) in [4.78, 5) is 26.5. The highest BCUT2D eigenvalue weighted by molar-refractivity contribution is 5.94. The van der Waals surface area contributed by atoms with Crippen LogP contribution in [0, 0.1) is 11.3 Å². The molecule has 6 nitrogen and oxygen atoms in total. The van der Waals surface area contributed by atoms with Gasteiger partial charge in [-0.05, 0) is 49.6 Å². The molecule has 0 bridgehead atoms. The van der Waals surface area contributed by atoms with Gasteiger partial charge in [-0.1, -0.05) is 24.3 Å². The Balaban J connectivity index is 1.52. The lowest BCUT2D eigenvalue weighted by molar-refractivity contribution is -0.127. The fourth-order valence-electron chi connectivity index (χ4n) is 3.11. The Morgan fingerprint density at radius 2 is 1.82 bits per heavy atom. The van der Waals surface area contributed by atoms with Gasteiger partial charge in [0.25, 0.3) is 11.8 Å². The van der Waals surface area contributed by atoms with E-state index in [2.05, 4.69) is 5.32 Å². The van der Waals surface area contributed by atoms with Gasteiger partial charge in [0.05, 0.1) is 5.56 Å². The van der Waals surface area contributed by atoms with Crippen molar-refractivity contribution in [3.63, 3.8) is 0 Å². The zero-order chi connectivity index (χ0) is 19.9. The summed E-state index contributed by atoms with van der Waals surface area (Å²) in [6, 6.07) is 16.1. The Kier molecular flexibility index (Phi) is 6.28. The molecular formula is C22H23N3O3. The number of hydrogen-bond acceptors (Lipinski definition) is 4. The number of carbonyl (C=O) groups is 2. The first kappa shape index (κ1) is 19.4. The van der Waals surface area contributed by atoms with Gasteiger partial charge in [0.2, 0.25) is 0 Å². The first-order valence-electron chi connectivity index (χ1n) is 9.40. The largest absolute Gasteiger partial charge is 0.480 e. The van der Waals surface area contributed by atoms with E-state index < -0.39 is 6.10 Å². The molecule has 1 aliphatic rings. The summed E-state index contributed by atoms with van der Waals surface area (Å²) < 4.78 is 5.61. The molecule has 0 saturated carbocycles. The van der Waals surface area contributed by atoms with Crippen LogP contribution in [0.4, 0.5) is 0 Å². The number of nitrogens with one attached hydrogen (secondary N) is 1. The smallest absolute Gasteiger partial charge is 0.261 e. The first-order valence-corrected chi connectivity index (χ1v) is 9.40. The number of para-hydroxylation sites is 1. The molecule has 2 aromatic rings. The van der Waals surface area contributed by atoms with Crippen LogP contribution in [0.25, 0.3) is 0 Å². The van der Waals surface area contributed by atoms with Crippen molar-refractivity contribution in [1.82, 2.24) is 10.2 Å². The molecule has 144 valence electrons. The Hall–Kier alpha value is -3.33. The average Bonchev–Trinajstić information content (AvgIpc) is 3.27. The number of amides is 2. The minimum absolute atomic E-state index is 0.0614. The maximum Gasteiger partial charge on any atom is 0.261 e. The second-order valence-corrected chi connectivity index (χ2v) is 6.78. The van der Waals surface area contributed by atoms with Crippen LogP contribution >= 0.6 is 0 Å². The van der Waals surface area contributed by atoms with Gasteiger partial charge in [0.1, 0.15) is 11.8 Å². The second kappa shape index (κ2) is 9.05. The van der Waals surface area contributed by atoms with Crippen molar-refractivity contribution < 1.29 is 14.3 Å². The number of rotatable bonds is 6. The molecule has 2 aromatic carbocycles.